The van der Waals surface area contributed by atoms with E-state index in [9.17, 15) is 9.59 Å². The number of pyridine rings is 1. The molecule has 0 unspecified atom stereocenters. The third-order valence-electron chi connectivity index (χ3n) is 4.50. The molecule has 0 radical (unpaired) electrons. The maximum atomic E-state index is 12.7. The Morgan fingerprint density at radius 3 is 2.39 bits per heavy atom. The molecule has 5 nitrogen and oxygen atoms in total. The van der Waals surface area contributed by atoms with Crippen molar-refractivity contribution in [2.75, 3.05) is 12.4 Å². The maximum absolute atomic E-state index is 12.7. The van der Waals surface area contributed by atoms with E-state index in [2.05, 4.69) is 10.3 Å². The van der Waals surface area contributed by atoms with Crippen LogP contribution < -0.4 is 5.32 Å². The Hall–Kier alpha value is -3.47. The number of para-hydroxylation sites is 1. The van der Waals surface area contributed by atoms with Crippen LogP contribution in [-0.2, 0) is 13.0 Å². The molecule has 142 valence electrons. The predicted molar refractivity (Wildman–Crippen MR) is 110 cm³/mol. The van der Waals surface area contributed by atoms with Gasteiger partial charge >= 0.3 is 0 Å². The first-order chi connectivity index (χ1) is 13.6. The lowest BCUT2D eigenvalue weighted by Gasteiger charge is -2.17. The lowest BCUT2D eigenvalue weighted by molar-refractivity contribution is 0.0784. The van der Waals surface area contributed by atoms with Gasteiger partial charge in [-0.3, -0.25) is 14.6 Å². The summed E-state index contributed by atoms with van der Waals surface area (Å²) in [5, 5.41) is 2.91. The molecular weight excluding hydrogens is 350 g/mol. The van der Waals surface area contributed by atoms with Crippen LogP contribution in [0.15, 0.2) is 73.1 Å². The van der Waals surface area contributed by atoms with Crippen molar-refractivity contribution in [1.82, 2.24) is 9.88 Å². The van der Waals surface area contributed by atoms with Gasteiger partial charge in [0.05, 0.1) is 11.1 Å². The molecule has 3 aromatic rings. The van der Waals surface area contributed by atoms with Gasteiger partial charge in [0.15, 0.2) is 0 Å². The normalized spacial score (nSPS) is 10.4. The molecule has 1 heterocycles. The molecule has 0 fully saturated rings. The van der Waals surface area contributed by atoms with Crippen molar-refractivity contribution in [3.05, 3.63) is 95.3 Å². The number of nitrogens with zero attached hydrogens (tertiary/aromatic N) is 2. The fourth-order valence-electron chi connectivity index (χ4n) is 2.98. The Labute approximate surface area is 165 Å². The molecule has 0 aliphatic rings. The van der Waals surface area contributed by atoms with E-state index >= 15 is 0 Å². The molecule has 0 saturated heterocycles. The van der Waals surface area contributed by atoms with E-state index in [1.807, 2.05) is 61.5 Å². The van der Waals surface area contributed by atoms with Crippen LogP contribution in [0.4, 0.5) is 5.69 Å². The second-order valence-corrected chi connectivity index (χ2v) is 6.57. The number of hydrogen-bond donors (Lipinski definition) is 1. The molecule has 0 spiro atoms. The van der Waals surface area contributed by atoms with Crippen LogP contribution in [-0.4, -0.2) is 28.7 Å². The number of benzene rings is 2. The molecule has 5 heteroatoms. The quantitative estimate of drug-likeness (QED) is 0.705. The summed E-state index contributed by atoms with van der Waals surface area (Å²) in [5.41, 5.74) is 3.60. The minimum absolute atomic E-state index is 0.181. The largest absolute Gasteiger partial charge is 0.337 e. The van der Waals surface area contributed by atoms with Gasteiger partial charge < -0.3 is 10.2 Å². The zero-order chi connectivity index (χ0) is 19.9. The van der Waals surface area contributed by atoms with E-state index in [4.69, 9.17) is 0 Å². The number of carbonyl (C=O) groups excluding carboxylic acids is 2. The summed E-state index contributed by atoms with van der Waals surface area (Å²) in [6.07, 6.45) is 3.77. The maximum Gasteiger partial charge on any atom is 0.257 e. The third kappa shape index (κ3) is 4.62. The monoisotopic (exact) mass is 373 g/mol. The van der Waals surface area contributed by atoms with Gasteiger partial charge in [0.2, 0.25) is 0 Å². The Morgan fingerprint density at radius 2 is 1.64 bits per heavy atom. The van der Waals surface area contributed by atoms with Crippen molar-refractivity contribution < 1.29 is 9.59 Å². The average Bonchev–Trinajstić information content (AvgIpc) is 2.74. The summed E-state index contributed by atoms with van der Waals surface area (Å²) < 4.78 is 0. The fraction of sp³-hybridized carbons (Fsp3) is 0.174. The number of aryl methyl sites for hydroxylation is 1. The number of nitrogens with one attached hydrogen (secondary N) is 1. The van der Waals surface area contributed by atoms with Gasteiger partial charge in [-0.15, -0.1) is 0 Å². The summed E-state index contributed by atoms with van der Waals surface area (Å²) in [5.74, 6) is -0.464. The average molecular weight is 373 g/mol. The summed E-state index contributed by atoms with van der Waals surface area (Å²) in [7, 11) is 1.74. The first-order valence-corrected chi connectivity index (χ1v) is 9.22. The van der Waals surface area contributed by atoms with E-state index in [0.29, 0.717) is 17.7 Å². The highest BCUT2D eigenvalue weighted by Crippen LogP contribution is 2.17. The predicted octanol–water partition coefficient (Wildman–Crippen LogP) is 4.17. The van der Waals surface area contributed by atoms with E-state index < -0.39 is 0 Å². The van der Waals surface area contributed by atoms with Gasteiger partial charge in [-0.25, -0.2) is 0 Å². The number of aromatic nitrogens is 1. The molecule has 2 aromatic carbocycles. The molecule has 0 saturated carbocycles. The van der Waals surface area contributed by atoms with Crippen LogP contribution in [0.5, 0.6) is 0 Å². The van der Waals surface area contributed by atoms with Gasteiger partial charge in [-0.05, 0) is 29.7 Å². The second-order valence-electron chi connectivity index (χ2n) is 6.57. The van der Waals surface area contributed by atoms with Crippen molar-refractivity contribution in [3.8, 4) is 0 Å². The summed E-state index contributed by atoms with van der Waals surface area (Å²) in [6, 6.07) is 19.0. The van der Waals surface area contributed by atoms with Gasteiger partial charge in [0, 0.05) is 31.7 Å². The van der Waals surface area contributed by atoms with Crippen molar-refractivity contribution >= 4 is 17.5 Å². The van der Waals surface area contributed by atoms with E-state index in [-0.39, 0.29) is 11.8 Å². The van der Waals surface area contributed by atoms with Crippen molar-refractivity contribution in [1.29, 1.82) is 0 Å². The van der Waals surface area contributed by atoms with Crippen LogP contribution >= 0.6 is 0 Å². The molecule has 0 aliphatic carbocycles. The Bertz CT molecular complexity index is 970. The standard InChI is InChI=1S/C23H23N3O2/c1-3-18-11-7-8-12-21(18)25-22(27)19-13-20(15-24-14-19)23(28)26(2)16-17-9-5-4-6-10-17/h4-15H,3,16H2,1-2H3,(H,25,27). The van der Waals surface area contributed by atoms with Gasteiger partial charge in [0.1, 0.15) is 0 Å². The highest BCUT2D eigenvalue weighted by molar-refractivity contribution is 6.06. The molecule has 1 aromatic heterocycles. The molecule has 2 amide bonds. The number of carbonyl (C=O) groups is 2. The Kier molecular flexibility index (Phi) is 6.17. The molecular formula is C23H23N3O2. The lowest BCUT2D eigenvalue weighted by Crippen LogP contribution is -2.26. The van der Waals surface area contributed by atoms with Gasteiger partial charge in [-0.1, -0.05) is 55.5 Å². The smallest absolute Gasteiger partial charge is 0.257 e. The van der Waals surface area contributed by atoms with E-state index in [1.54, 1.807) is 18.0 Å². The van der Waals surface area contributed by atoms with Gasteiger partial charge in [0.25, 0.3) is 11.8 Å². The van der Waals surface area contributed by atoms with Crippen molar-refractivity contribution in [2.24, 2.45) is 0 Å². The summed E-state index contributed by atoms with van der Waals surface area (Å²) in [4.78, 5) is 31.1. The minimum Gasteiger partial charge on any atom is -0.337 e. The zero-order valence-corrected chi connectivity index (χ0v) is 16.1. The number of amides is 2. The first kappa shape index (κ1) is 19.3. The van der Waals surface area contributed by atoms with Gasteiger partial charge in [-0.2, -0.15) is 0 Å². The summed E-state index contributed by atoms with van der Waals surface area (Å²) in [6.45, 7) is 2.52. The highest BCUT2D eigenvalue weighted by atomic mass is 16.2. The van der Waals surface area contributed by atoms with Crippen LogP contribution in [0.1, 0.15) is 38.8 Å². The first-order valence-electron chi connectivity index (χ1n) is 9.22. The topological polar surface area (TPSA) is 62.3 Å². The highest BCUT2D eigenvalue weighted by Gasteiger charge is 2.16. The second kappa shape index (κ2) is 8.95. The molecule has 0 atom stereocenters. The fourth-order valence-corrected chi connectivity index (χ4v) is 2.98. The van der Waals surface area contributed by atoms with Crippen LogP contribution in [0, 0.1) is 0 Å². The van der Waals surface area contributed by atoms with Crippen LogP contribution in [0.2, 0.25) is 0 Å². The molecule has 0 aliphatic heterocycles. The Morgan fingerprint density at radius 1 is 0.964 bits per heavy atom. The van der Waals surface area contributed by atoms with E-state index in [1.165, 1.54) is 12.4 Å². The Balaban J connectivity index is 1.74. The SMILES string of the molecule is CCc1ccccc1NC(=O)c1cncc(C(=O)N(C)Cc2ccccc2)c1. The lowest BCUT2D eigenvalue weighted by atomic mass is 10.1. The number of hydrogen-bond acceptors (Lipinski definition) is 3. The number of rotatable bonds is 6. The molecule has 1 N–H and O–H groups in total. The van der Waals surface area contributed by atoms with Crippen LogP contribution in [0.25, 0.3) is 0 Å². The number of anilines is 1. The van der Waals surface area contributed by atoms with Crippen LogP contribution in [0.3, 0.4) is 0 Å². The summed E-state index contributed by atoms with van der Waals surface area (Å²) >= 11 is 0. The zero-order valence-electron chi connectivity index (χ0n) is 16.1. The minimum atomic E-state index is -0.284. The van der Waals surface area contributed by atoms with E-state index in [0.717, 1.165) is 23.2 Å². The molecule has 0 bridgehead atoms. The molecule has 3 rings (SSSR count). The third-order valence-corrected chi connectivity index (χ3v) is 4.50. The molecule has 28 heavy (non-hydrogen) atoms. The van der Waals surface area contributed by atoms with Crippen molar-refractivity contribution in [3.63, 3.8) is 0 Å². The van der Waals surface area contributed by atoms with Crippen molar-refractivity contribution in [2.45, 2.75) is 19.9 Å².